The number of nitrogens with zero attached hydrogens (tertiary/aromatic N) is 4. The maximum Gasteiger partial charge on any atom is 0.341 e. The summed E-state index contributed by atoms with van der Waals surface area (Å²) in [7, 11) is 0. The molecular weight excluding hydrogens is 330 g/mol. The number of aromatic nitrogens is 3. The van der Waals surface area contributed by atoms with Gasteiger partial charge in [0, 0.05) is 12.6 Å². The zero-order chi connectivity index (χ0) is 17.6. The molecule has 1 unspecified atom stereocenters. The van der Waals surface area contributed by atoms with Crippen molar-refractivity contribution in [2.24, 2.45) is 0 Å². The van der Waals surface area contributed by atoms with Gasteiger partial charge in [0.1, 0.15) is 23.4 Å². The van der Waals surface area contributed by atoms with Crippen LogP contribution in [0.2, 0.25) is 0 Å². The van der Waals surface area contributed by atoms with Crippen LogP contribution in [0.1, 0.15) is 28.4 Å². The van der Waals surface area contributed by atoms with E-state index in [1.807, 2.05) is 0 Å². The summed E-state index contributed by atoms with van der Waals surface area (Å²) in [4.78, 5) is 17.4. The molecule has 3 heterocycles. The van der Waals surface area contributed by atoms with E-state index in [-0.39, 0.29) is 36.0 Å². The van der Waals surface area contributed by atoms with Crippen molar-refractivity contribution in [1.29, 1.82) is 0 Å². The van der Waals surface area contributed by atoms with E-state index in [4.69, 9.17) is 0 Å². The van der Waals surface area contributed by atoms with Gasteiger partial charge in [-0.3, -0.25) is 0 Å². The van der Waals surface area contributed by atoms with Crippen LogP contribution in [-0.4, -0.2) is 38.4 Å². The second-order valence-electron chi connectivity index (χ2n) is 5.97. The highest BCUT2D eigenvalue weighted by Crippen LogP contribution is 2.37. The molecule has 6 nitrogen and oxygen atoms in total. The maximum atomic E-state index is 14.1. The van der Waals surface area contributed by atoms with E-state index in [2.05, 4.69) is 10.1 Å². The lowest BCUT2D eigenvalue weighted by Crippen LogP contribution is -2.25. The molecule has 128 valence electrons. The van der Waals surface area contributed by atoms with E-state index in [9.17, 15) is 18.7 Å². The van der Waals surface area contributed by atoms with Gasteiger partial charge in [0.15, 0.2) is 5.65 Å². The Hall–Kier alpha value is -3.03. The SMILES string of the molecule is O=C(O)c1cnn2ccc(N3C[C@@H](F)CC3c3cccc(F)c3)nc12. The molecule has 1 aliphatic rings. The van der Waals surface area contributed by atoms with Crippen molar-refractivity contribution in [2.45, 2.75) is 18.6 Å². The summed E-state index contributed by atoms with van der Waals surface area (Å²) >= 11 is 0. The minimum atomic E-state index is -1.13. The number of carboxylic acid groups (broad SMARTS) is 1. The van der Waals surface area contributed by atoms with Gasteiger partial charge in [0.05, 0.1) is 18.8 Å². The predicted molar refractivity (Wildman–Crippen MR) is 85.9 cm³/mol. The van der Waals surface area contributed by atoms with Crippen molar-refractivity contribution in [3.8, 4) is 0 Å². The van der Waals surface area contributed by atoms with Crippen LogP contribution < -0.4 is 4.90 Å². The molecule has 0 aliphatic carbocycles. The van der Waals surface area contributed by atoms with Crippen molar-refractivity contribution in [3.63, 3.8) is 0 Å². The molecule has 3 aromatic rings. The number of hydrogen-bond acceptors (Lipinski definition) is 4. The molecule has 0 saturated carbocycles. The Morgan fingerprint density at radius 1 is 1.32 bits per heavy atom. The van der Waals surface area contributed by atoms with E-state index in [0.29, 0.717) is 11.4 Å². The monoisotopic (exact) mass is 344 g/mol. The van der Waals surface area contributed by atoms with Gasteiger partial charge in [-0.1, -0.05) is 12.1 Å². The number of hydrogen-bond donors (Lipinski definition) is 1. The Morgan fingerprint density at radius 2 is 2.16 bits per heavy atom. The number of benzene rings is 1. The molecule has 0 amide bonds. The minimum Gasteiger partial charge on any atom is -0.477 e. The third-order valence-corrected chi connectivity index (χ3v) is 4.36. The molecule has 4 rings (SSSR count). The van der Waals surface area contributed by atoms with Gasteiger partial charge < -0.3 is 10.0 Å². The second-order valence-corrected chi connectivity index (χ2v) is 5.97. The first kappa shape index (κ1) is 15.5. The van der Waals surface area contributed by atoms with Crippen LogP contribution >= 0.6 is 0 Å². The van der Waals surface area contributed by atoms with E-state index >= 15 is 0 Å². The molecule has 1 saturated heterocycles. The average Bonchev–Trinajstić information content (AvgIpc) is 3.17. The summed E-state index contributed by atoms with van der Waals surface area (Å²) in [6.07, 6.45) is 1.95. The summed E-state index contributed by atoms with van der Waals surface area (Å²) < 4.78 is 29.0. The molecule has 0 bridgehead atoms. The normalized spacial score (nSPS) is 20.3. The van der Waals surface area contributed by atoms with Gasteiger partial charge in [-0.2, -0.15) is 5.10 Å². The summed E-state index contributed by atoms with van der Waals surface area (Å²) in [6.45, 7) is 0.112. The molecule has 0 radical (unpaired) electrons. The van der Waals surface area contributed by atoms with Crippen LogP contribution in [0.4, 0.5) is 14.6 Å². The van der Waals surface area contributed by atoms with Crippen molar-refractivity contribution >= 4 is 17.4 Å². The molecule has 1 aromatic carbocycles. The summed E-state index contributed by atoms with van der Waals surface area (Å²) in [5.41, 5.74) is 0.819. The van der Waals surface area contributed by atoms with Gasteiger partial charge in [0.25, 0.3) is 0 Å². The van der Waals surface area contributed by atoms with E-state index in [0.717, 1.165) is 0 Å². The largest absolute Gasteiger partial charge is 0.477 e. The summed E-state index contributed by atoms with van der Waals surface area (Å²) in [5, 5.41) is 13.2. The zero-order valence-electron chi connectivity index (χ0n) is 13.0. The number of fused-ring (bicyclic) bond motifs is 1. The van der Waals surface area contributed by atoms with E-state index in [1.54, 1.807) is 29.3 Å². The summed E-state index contributed by atoms with van der Waals surface area (Å²) in [5.74, 6) is -1.08. The number of aromatic carboxylic acids is 1. The van der Waals surface area contributed by atoms with Crippen molar-refractivity contribution in [2.75, 3.05) is 11.4 Å². The Kier molecular flexibility index (Phi) is 3.60. The fourth-order valence-electron chi connectivity index (χ4n) is 3.24. The van der Waals surface area contributed by atoms with Crippen LogP contribution in [-0.2, 0) is 0 Å². The van der Waals surface area contributed by atoms with Crippen molar-refractivity contribution in [1.82, 2.24) is 14.6 Å². The molecule has 1 N–H and O–H groups in total. The first-order valence-electron chi connectivity index (χ1n) is 7.77. The highest BCUT2D eigenvalue weighted by molar-refractivity contribution is 5.94. The molecule has 1 aliphatic heterocycles. The topological polar surface area (TPSA) is 70.7 Å². The Labute approximate surface area is 141 Å². The smallest absolute Gasteiger partial charge is 0.341 e. The molecular formula is C17H14F2N4O2. The van der Waals surface area contributed by atoms with Crippen molar-refractivity contribution in [3.05, 3.63) is 59.7 Å². The quantitative estimate of drug-likeness (QED) is 0.791. The molecule has 0 spiro atoms. The second kappa shape index (κ2) is 5.80. The zero-order valence-corrected chi connectivity index (χ0v) is 13.0. The fourth-order valence-corrected chi connectivity index (χ4v) is 3.24. The molecule has 25 heavy (non-hydrogen) atoms. The van der Waals surface area contributed by atoms with Gasteiger partial charge in [-0.25, -0.2) is 23.1 Å². The van der Waals surface area contributed by atoms with E-state index in [1.165, 1.54) is 22.8 Å². The number of rotatable bonds is 3. The minimum absolute atomic E-state index is 0.0276. The Balaban J connectivity index is 1.77. The van der Waals surface area contributed by atoms with E-state index < -0.39 is 12.1 Å². The number of halogens is 2. The van der Waals surface area contributed by atoms with Crippen molar-refractivity contribution < 1.29 is 18.7 Å². The average molecular weight is 344 g/mol. The van der Waals surface area contributed by atoms with Gasteiger partial charge >= 0.3 is 5.97 Å². The van der Waals surface area contributed by atoms with Crippen LogP contribution in [0.15, 0.2) is 42.7 Å². The maximum absolute atomic E-state index is 14.1. The lowest BCUT2D eigenvalue weighted by molar-refractivity contribution is 0.0698. The molecule has 2 atom stereocenters. The van der Waals surface area contributed by atoms with Gasteiger partial charge in [-0.05, 0) is 23.8 Å². The highest BCUT2D eigenvalue weighted by Gasteiger charge is 2.34. The van der Waals surface area contributed by atoms with Crippen LogP contribution in [0.5, 0.6) is 0 Å². The molecule has 2 aromatic heterocycles. The van der Waals surface area contributed by atoms with Crippen LogP contribution in [0.25, 0.3) is 5.65 Å². The number of alkyl halides is 1. The number of carbonyl (C=O) groups is 1. The Bertz CT molecular complexity index is 959. The lowest BCUT2D eigenvalue weighted by Gasteiger charge is -2.25. The highest BCUT2D eigenvalue weighted by atomic mass is 19.1. The third kappa shape index (κ3) is 2.69. The van der Waals surface area contributed by atoms with Gasteiger partial charge in [0.2, 0.25) is 0 Å². The lowest BCUT2D eigenvalue weighted by atomic mass is 10.0. The summed E-state index contributed by atoms with van der Waals surface area (Å²) in [6, 6.07) is 7.34. The predicted octanol–water partition coefficient (Wildman–Crippen LogP) is 2.86. The third-order valence-electron chi connectivity index (χ3n) is 4.36. The Morgan fingerprint density at radius 3 is 2.92 bits per heavy atom. The number of anilines is 1. The standard InChI is InChI=1S/C17H14F2N4O2/c18-11-3-1-2-10(6-11)14-7-12(19)9-22(14)15-4-5-23-16(21-15)13(8-20-23)17(24)25/h1-6,8,12,14H,7,9H2,(H,24,25)/t12-,14?/m0/s1. The van der Waals surface area contributed by atoms with Gasteiger partial charge in [-0.15, -0.1) is 0 Å². The van der Waals surface area contributed by atoms with Crippen LogP contribution in [0.3, 0.4) is 0 Å². The fraction of sp³-hybridized carbons (Fsp3) is 0.235. The molecule has 8 heteroatoms. The number of carboxylic acids is 1. The molecule has 1 fully saturated rings. The first-order chi connectivity index (χ1) is 12.0. The first-order valence-corrected chi connectivity index (χ1v) is 7.77. The van der Waals surface area contributed by atoms with Crippen LogP contribution in [0, 0.1) is 5.82 Å².